The molecule has 3 atom stereocenters. The number of amides is 1. The zero-order valence-electron chi connectivity index (χ0n) is 21.3. The molecular weight excluding hydrogens is 500 g/mol. The standard InChI is InChI=1S/C30H30N2O7/c31-29(38)25-22(34)13-18-11-17-12-20-19(16-5-3-15(4-6-16)14-32-9-1-2-10-32)7-8-21(33)24(20)26(35)23(17)27(36)30(18,39)28(25)37/h3-8,17-18,33,35,37,39H,1-2,9-14H2,(H2,31,38)/t17-,18+,30+/m1/s1. The molecule has 0 bridgehead atoms. The number of primary amides is 1. The molecule has 1 heterocycles. The van der Waals surface area contributed by atoms with E-state index < -0.39 is 52.0 Å². The third-order valence-electron chi connectivity index (χ3n) is 8.82. The van der Waals surface area contributed by atoms with Crippen molar-refractivity contribution in [1.29, 1.82) is 0 Å². The molecule has 2 fully saturated rings. The minimum Gasteiger partial charge on any atom is -0.508 e. The molecule has 3 aliphatic carbocycles. The van der Waals surface area contributed by atoms with Crippen LogP contribution >= 0.6 is 0 Å². The van der Waals surface area contributed by atoms with Crippen LogP contribution in [0.4, 0.5) is 0 Å². The quantitative estimate of drug-likeness (QED) is 0.377. The van der Waals surface area contributed by atoms with E-state index >= 15 is 0 Å². The third kappa shape index (κ3) is 3.79. The van der Waals surface area contributed by atoms with E-state index in [-0.39, 0.29) is 36.1 Å². The van der Waals surface area contributed by atoms with E-state index in [1.54, 1.807) is 6.07 Å². The molecule has 0 aromatic heterocycles. The van der Waals surface area contributed by atoms with Gasteiger partial charge >= 0.3 is 0 Å². The highest BCUT2D eigenvalue weighted by molar-refractivity contribution is 6.22. The molecule has 0 spiro atoms. The molecule has 2 aromatic carbocycles. The van der Waals surface area contributed by atoms with Gasteiger partial charge in [0.15, 0.2) is 11.4 Å². The highest BCUT2D eigenvalue weighted by Gasteiger charge is 2.60. The summed E-state index contributed by atoms with van der Waals surface area (Å²) in [6.07, 6.45) is 2.47. The number of nitrogens with two attached hydrogens (primary N) is 1. The first-order valence-corrected chi connectivity index (χ1v) is 13.2. The second kappa shape index (κ2) is 9.07. The normalized spacial score (nSPS) is 26.9. The van der Waals surface area contributed by atoms with Crippen molar-refractivity contribution in [2.24, 2.45) is 17.6 Å². The Morgan fingerprint density at radius 1 is 1.00 bits per heavy atom. The molecule has 1 saturated heterocycles. The van der Waals surface area contributed by atoms with Gasteiger partial charge in [-0.3, -0.25) is 19.3 Å². The molecule has 0 radical (unpaired) electrons. The molecule has 6 rings (SSSR count). The van der Waals surface area contributed by atoms with Crippen molar-refractivity contribution < 1.29 is 34.8 Å². The van der Waals surface area contributed by atoms with E-state index in [0.717, 1.165) is 30.8 Å². The summed E-state index contributed by atoms with van der Waals surface area (Å²) in [6.45, 7) is 3.08. The number of hydrogen-bond donors (Lipinski definition) is 5. The van der Waals surface area contributed by atoms with Gasteiger partial charge in [-0.25, -0.2) is 0 Å². The van der Waals surface area contributed by atoms with Gasteiger partial charge in [0.1, 0.15) is 22.8 Å². The van der Waals surface area contributed by atoms with Crippen LogP contribution in [0.15, 0.2) is 53.3 Å². The van der Waals surface area contributed by atoms with Gasteiger partial charge < -0.3 is 26.2 Å². The lowest BCUT2D eigenvalue weighted by Crippen LogP contribution is -2.58. The SMILES string of the molecule is NC(=O)C1=C(O)[C@@]2(O)C(=O)C3=C(O)c4c(O)ccc(-c5ccc(CN6CCCC6)cc5)c4C[C@H]3C[C@H]2CC1=O. The Morgan fingerprint density at radius 2 is 1.69 bits per heavy atom. The maximum absolute atomic E-state index is 13.7. The first-order valence-electron chi connectivity index (χ1n) is 13.2. The second-order valence-corrected chi connectivity index (χ2v) is 11.1. The molecule has 0 unspecified atom stereocenters. The third-order valence-corrected chi connectivity index (χ3v) is 8.82. The summed E-state index contributed by atoms with van der Waals surface area (Å²) in [7, 11) is 0. The van der Waals surface area contributed by atoms with Gasteiger partial charge in [-0.2, -0.15) is 0 Å². The van der Waals surface area contributed by atoms with E-state index in [1.807, 2.05) is 12.1 Å². The van der Waals surface area contributed by atoms with E-state index in [0.29, 0.717) is 5.56 Å². The summed E-state index contributed by atoms with van der Waals surface area (Å²) in [4.78, 5) is 40.4. The predicted molar refractivity (Wildman–Crippen MR) is 141 cm³/mol. The van der Waals surface area contributed by atoms with Gasteiger partial charge in [0.2, 0.25) is 5.78 Å². The number of ketones is 2. The Kier molecular flexibility index (Phi) is 5.89. The maximum Gasteiger partial charge on any atom is 0.255 e. The summed E-state index contributed by atoms with van der Waals surface area (Å²) in [6, 6.07) is 11.4. The molecule has 39 heavy (non-hydrogen) atoms. The number of nitrogens with zero attached hydrogens (tertiary/aromatic N) is 1. The van der Waals surface area contributed by atoms with Gasteiger partial charge in [-0.1, -0.05) is 30.3 Å². The lowest BCUT2D eigenvalue weighted by molar-refractivity contribution is -0.147. The van der Waals surface area contributed by atoms with Crippen molar-refractivity contribution in [3.63, 3.8) is 0 Å². The highest BCUT2D eigenvalue weighted by Crippen LogP contribution is 2.53. The van der Waals surface area contributed by atoms with Crippen molar-refractivity contribution in [3.8, 4) is 16.9 Å². The molecule has 2 aromatic rings. The lowest BCUT2D eigenvalue weighted by Gasteiger charge is -2.46. The van der Waals surface area contributed by atoms with Crippen LogP contribution in [0.25, 0.3) is 16.9 Å². The molecule has 9 heteroatoms. The molecule has 202 valence electrons. The largest absolute Gasteiger partial charge is 0.508 e. The van der Waals surface area contributed by atoms with Crippen molar-refractivity contribution in [1.82, 2.24) is 4.90 Å². The minimum absolute atomic E-state index is 0.0979. The fourth-order valence-corrected chi connectivity index (χ4v) is 6.88. The number of likely N-dealkylation sites (tertiary alicyclic amines) is 1. The Balaban J connectivity index is 1.41. The number of benzene rings is 2. The van der Waals surface area contributed by atoms with E-state index in [9.17, 15) is 34.8 Å². The smallest absolute Gasteiger partial charge is 0.255 e. The fourth-order valence-electron chi connectivity index (χ4n) is 6.88. The fraction of sp³-hybridized carbons (Fsp3) is 0.367. The second-order valence-electron chi connectivity index (χ2n) is 11.1. The number of phenolic OH excluding ortho intramolecular Hbond substituents is 1. The molecule has 6 N–H and O–H groups in total. The summed E-state index contributed by atoms with van der Waals surface area (Å²) in [5, 5.41) is 44.1. The van der Waals surface area contributed by atoms with Crippen LogP contribution in [0.2, 0.25) is 0 Å². The number of hydrogen-bond acceptors (Lipinski definition) is 8. The van der Waals surface area contributed by atoms with Crippen molar-refractivity contribution >= 4 is 23.2 Å². The first kappa shape index (κ1) is 25.3. The minimum atomic E-state index is -2.56. The van der Waals surface area contributed by atoms with Crippen molar-refractivity contribution in [3.05, 3.63) is 70.0 Å². The Hall–Kier alpha value is -3.95. The van der Waals surface area contributed by atoms with Gasteiger partial charge in [0, 0.05) is 24.5 Å². The van der Waals surface area contributed by atoms with Gasteiger partial charge in [0.05, 0.1) is 5.56 Å². The molecule has 4 aliphatic rings. The van der Waals surface area contributed by atoms with Crippen molar-refractivity contribution in [2.45, 2.75) is 44.2 Å². The highest BCUT2D eigenvalue weighted by atomic mass is 16.3. The van der Waals surface area contributed by atoms with Crippen molar-refractivity contribution in [2.75, 3.05) is 13.1 Å². The molecule has 1 aliphatic heterocycles. The predicted octanol–water partition coefficient (Wildman–Crippen LogP) is 2.69. The summed E-state index contributed by atoms with van der Waals surface area (Å²) < 4.78 is 0. The Morgan fingerprint density at radius 3 is 2.36 bits per heavy atom. The monoisotopic (exact) mass is 530 g/mol. The number of rotatable bonds is 4. The topological polar surface area (TPSA) is 161 Å². The molecular formula is C30H30N2O7. The van der Waals surface area contributed by atoms with Crippen LogP contribution in [0.5, 0.6) is 5.75 Å². The number of phenols is 1. The van der Waals surface area contributed by atoms with Crippen LogP contribution in [0.1, 0.15) is 42.4 Å². The number of fused-ring (bicyclic) bond motifs is 3. The van der Waals surface area contributed by atoms with Gasteiger partial charge in [-0.15, -0.1) is 0 Å². The van der Waals surface area contributed by atoms with Crippen LogP contribution in [0, 0.1) is 11.8 Å². The first-order chi connectivity index (χ1) is 18.6. The molecule has 9 nitrogen and oxygen atoms in total. The number of aliphatic hydroxyl groups is 3. The number of aliphatic hydroxyl groups excluding tert-OH is 2. The number of Topliss-reactive ketones (excluding diaryl/α,β-unsaturated/α-hetero) is 2. The number of carbonyl (C=O) groups is 3. The summed E-state index contributed by atoms with van der Waals surface area (Å²) >= 11 is 0. The lowest BCUT2D eigenvalue weighted by atomic mass is 9.59. The van der Waals surface area contributed by atoms with E-state index in [1.165, 1.54) is 24.5 Å². The Labute approximate surface area is 224 Å². The van der Waals surface area contributed by atoms with Crippen LogP contribution < -0.4 is 5.73 Å². The average Bonchev–Trinajstić information content (AvgIpc) is 3.40. The van der Waals surface area contributed by atoms with Gasteiger partial charge in [-0.05, 0) is 73.0 Å². The van der Waals surface area contributed by atoms with E-state index in [2.05, 4.69) is 17.0 Å². The average molecular weight is 531 g/mol. The van der Waals surface area contributed by atoms with Crippen LogP contribution in [-0.2, 0) is 27.3 Å². The molecule has 1 saturated carbocycles. The summed E-state index contributed by atoms with van der Waals surface area (Å²) in [5.74, 6) is -6.29. The van der Waals surface area contributed by atoms with Crippen LogP contribution in [-0.4, -0.2) is 61.5 Å². The Bertz CT molecular complexity index is 1480. The number of aromatic hydroxyl groups is 1. The maximum atomic E-state index is 13.7. The zero-order valence-corrected chi connectivity index (χ0v) is 21.3. The number of carbonyl (C=O) groups excluding carboxylic acids is 3. The van der Waals surface area contributed by atoms with Gasteiger partial charge in [0.25, 0.3) is 5.91 Å². The summed E-state index contributed by atoms with van der Waals surface area (Å²) in [5.41, 5.74) is 5.39. The molecule has 1 amide bonds. The van der Waals surface area contributed by atoms with E-state index in [4.69, 9.17) is 5.73 Å². The zero-order chi connectivity index (χ0) is 27.6. The van der Waals surface area contributed by atoms with Crippen LogP contribution in [0.3, 0.4) is 0 Å².